The molecule has 0 saturated heterocycles. The summed E-state index contributed by atoms with van der Waals surface area (Å²) in [6.07, 6.45) is 2.68. The van der Waals surface area contributed by atoms with E-state index in [2.05, 4.69) is 30.6 Å². The molecule has 0 aliphatic carbocycles. The number of ether oxygens (including phenoxy) is 1. The minimum Gasteiger partial charge on any atom is -0.480 e. The van der Waals surface area contributed by atoms with Crippen LogP contribution in [-0.4, -0.2) is 52.0 Å². The highest BCUT2D eigenvalue weighted by Crippen LogP contribution is 1.93. The van der Waals surface area contributed by atoms with Gasteiger partial charge in [0.2, 0.25) is 0 Å². The van der Waals surface area contributed by atoms with E-state index in [0.717, 1.165) is 0 Å². The lowest BCUT2D eigenvalue weighted by molar-refractivity contribution is -0.140. The molecule has 1 aromatic rings. The number of aromatic nitrogens is 3. The smallest absolute Gasteiger partial charge is 0.328 e. The fraction of sp³-hybridized carbons (Fsp3) is 0.375. The Morgan fingerprint density at radius 3 is 2.82 bits per heavy atom. The van der Waals surface area contributed by atoms with Crippen LogP contribution in [0.2, 0.25) is 0 Å². The fourth-order valence-corrected chi connectivity index (χ4v) is 0.942. The van der Waals surface area contributed by atoms with E-state index in [1.54, 1.807) is 0 Å². The molecule has 0 aliphatic rings. The summed E-state index contributed by atoms with van der Waals surface area (Å²) in [5.41, 5.74) is 0. The Morgan fingerprint density at radius 2 is 2.29 bits per heavy atom. The summed E-state index contributed by atoms with van der Waals surface area (Å²) in [6.45, 7) is -0.142. The molecule has 1 heterocycles. The van der Waals surface area contributed by atoms with Gasteiger partial charge in [-0.15, -0.1) is 5.10 Å². The van der Waals surface area contributed by atoms with Crippen LogP contribution in [0.15, 0.2) is 12.4 Å². The standard InChI is InChI=1S/C8H11N5O4/c1-17-4-5(6(14)15)11-8(16)12-7-9-2-3-10-13-7/h2-3,5H,4H2,1H3,(H,14,15)(H2,9,11,12,13,16). The predicted molar refractivity (Wildman–Crippen MR) is 55.3 cm³/mol. The minimum absolute atomic E-state index is 0.0217. The van der Waals surface area contributed by atoms with Crippen molar-refractivity contribution >= 4 is 17.9 Å². The van der Waals surface area contributed by atoms with Gasteiger partial charge in [-0.1, -0.05) is 0 Å². The first kappa shape index (κ1) is 12.8. The normalized spacial score (nSPS) is 11.6. The number of nitrogens with one attached hydrogen (secondary N) is 2. The van der Waals surface area contributed by atoms with Crippen molar-refractivity contribution in [2.75, 3.05) is 19.0 Å². The molecule has 1 unspecified atom stereocenters. The lowest BCUT2D eigenvalue weighted by Crippen LogP contribution is -2.45. The van der Waals surface area contributed by atoms with Crippen molar-refractivity contribution in [1.29, 1.82) is 0 Å². The molecule has 0 radical (unpaired) electrons. The average molecular weight is 241 g/mol. The van der Waals surface area contributed by atoms with E-state index in [1.807, 2.05) is 0 Å². The summed E-state index contributed by atoms with van der Waals surface area (Å²) in [5, 5.41) is 20.2. The van der Waals surface area contributed by atoms with Crippen molar-refractivity contribution in [1.82, 2.24) is 20.5 Å². The Morgan fingerprint density at radius 1 is 1.53 bits per heavy atom. The van der Waals surface area contributed by atoms with Gasteiger partial charge in [-0.2, -0.15) is 5.10 Å². The number of hydrogen-bond acceptors (Lipinski definition) is 6. The zero-order valence-corrected chi connectivity index (χ0v) is 8.95. The zero-order valence-electron chi connectivity index (χ0n) is 8.95. The van der Waals surface area contributed by atoms with Gasteiger partial charge in [0, 0.05) is 7.11 Å². The summed E-state index contributed by atoms with van der Waals surface area (Å²) in [6, 6.07) is -1.89. The largest absolute Gasteiger partial charge is 0.480 e. The second-order valence-electron chi connectivity index (χ2n) is 2.91. The predicted octanol–water partition coefficient (Wildman–Crippen LogP) is -0.907. The third-order valence-corrected chi connectivity index (χ3v) is 1.64. The summed E-state index contributed by atoms with van der Waals surface area (Å²) in [5.74, 6) is -1.22. The third kappa shape index (κ3) is 4.38. The maximum atomic E-state index is 11.4. The summed E-state index contributed by atoms with van der Waals surface area (Å²) < 4.78 is 4.65. The number of amides is 2. The van der Waals surface area contributed by atoms with Crippen LogP contribution in [0.1, 0.15) is 0 Å². The number of carbonyl (C=O) groups excluding carboxylic acids is 1. The molecule has 0 fully saturated rings. The van der Waals surface area contributed by atoms with Crippen LogP contribution in [0.5, 0.6) is 0 Å². The average Bonchev–Trinajstić information content (AvgIpc) is 2.29. The van der Waals surface area contributed by atoms with Crippen LogP contribution < -0.4 is 10.6 Å². The molecule has 9 nitrogen and oxygen atoms in total. The molecule has 0 aliphatic heterocycles. The van der Waals surface area contributed by atoms with Crippen LogP contribution in [0.3, 0.4) is 0 Å². The number of carbonyl (C=O) groups is 2. The van der Waals surface area contributed by atoms with Crippen LogP contribution in [0, 0.1) is 0 Å². The molecule has 0 spiro atoms. The van der Waals surface area contributed by atoms with Crippen LogP contribution in [0.4, 0.5) is 10.7 Å². The topological polar surface area (TPSA) is 126 Å². The number of nitrogens with zero attached hydrogens (tertiary/aromatic N) is 3. The first-order chi connectivity index (χ1) is 8.13. The quantitative estimate of drug-likeness (QED) is 0.609. The van der Waals surface area contributed by atoms with Gasteiger partial charge in [0.05, 0.1) is 19.0 Å². The molecule has 0 aromatic carbocycles. The molecule has 9 heteroatoms. The fourth-order valence-electron chi connectivity index (χ4n) is 0.942. The molecule has 2 amide bonds. The van der Waals surface area contributed by atoms with Gasteiger partial charge in [-0.05, 0) is 0 Å². The molecule has 0 saturated carbocycles. The molecule has 1 rings (SSSR count). The van der Waals surface area contributed by atoms with Gasteiger partial charge in [-0.3, -0.25) is 5.32 Å². The van der Waals surface area contributed by atoms with E-state index < -0.39 is 18.0 Å². The summed E-state index contributed by atoms with van der Waals surface area (Å²) >= 11 is 0. The van der Waals surface area contributed by atoms with Gasteiger partial charge in [-0.25, -0.2) is 14.6 Å². The number of methoxy groups -OCH3 is 1. The number of urea groups is 1. The maximum Gasteiger partial charge on any atom is 0.328 e. The molecular weight excluding hydrogens is 230 g/mol. The Kier molecular flexibility index (Phi) is 4.76. The number of aliphatic carboxylic acids is 1. The van der Waals surface area contributed by atoms with Gasteiger partial charge < -0.3 is 15.2 Å². The third-order valence-electron chi connectivity index (χ3n) is 1.64. The van der Waals surface area contributed by atoms with E-state index in [0.29, 0.717) is 0 Å². The first-order valence-electron chi connectivity index (χ1n) is 4.56. The monoisotopic (exact) mass is 241 g/mol. The van der Waals surface area contributed by atoms with Crippen molar-refractivity contribution < 1.29 is 19.4 Å². The van der Waals surface area contributed by atoms with Gasteiger partial charge in [0.25, 0.3) is 5.95 Å². The number of anilines is 1. The molecule has 92 valence electrons. The molecule has 1 atom stereocenters. The van der Waals surface area contributed by atoms with Gasteiger partial charge >= 0.3 is 12.0 Å². The molecule has 1 aromatic heterocycles. The number of rotatable bonds is 5. The van der Waals surface area contributed by atoms with E-state index in [4.69, 9.17) is 5.11 Å². The summed E-state index contributed by atoms with van der Waals surface area (Å²) in [7, 11) is 1.33. The minimum atomic E-state index is -1.20. The van der Waals surface area contributed by atoms with E-state index in [1.165, 1.54) is 19.5 Å². The SMILES string of the molecule is COCC(NC(=O)Nc1nccnn1)C(=O)O. The van der Waals surface area contributed by atoms with E-state index in [-0.39, 0.29) is 12.6 Å². The van der Waals surface area contributed by atoms with Crippen molar-refractivity contribution in [3.63, 3.8) is 0 Å². The van der Waals surface area contributed by atoms with Gasteiger partial charge in [0.1, 0.15) is 0 Å². The summed E-state index contributed by atoms with van der Waals surface area (Å²) in [4.78, 5) is 25.8. The molecular formula is C8H11N5O4. The van der Waals surface area contributed by atoms with Crippen LogP contribution in [-0.2, 0) is 9.53 Å². The number of carboxylic acid groups (broad SMARTS) is 1. The van der Waals surface area contributed by atoms with Crippen LogP contribution in [0.25, 0.3) is 0 Å². The molecule has 0 bridgehead atoms. The zero-order chi connectivity index (χ0) is 12.7. The van der Waals surface area contributed by atoms with Crippen molar-refractivity contribution in [2.45, 2.75) is 6.04 Å². The highest BCUT2D eigenvalue weighted by Gasteiger charge is 2.19. The van der Waals surface area contributed by atoms with Crippen molar-refractivity contribution in [3.05, 3.63) is 12.4 Å². The highest BCUT2D eigenvalue weighted by molar-refractivity contribution is 5.90. The van der Waals surface area contributed by atoms with E-state index >= 15 is 0 Å². The first-order valence-corrected chi connectivity index (χ1v) is 4.56. The molecule has 17 heavy (non-hydrogen) atoms. The van der Waals surface area contributed by atoms with Crippen LogP contribution >= 0.6 is 0 Å². The van der Waals surface area contributed by atoms with Crippen molar-refractivity contribution in [2.24, 2.45) is 0 Å². The number of carboxylic acids is 1. The Hall–Kier alpha value is -2.29. The Labute approximate surface area is 96.2 Å². The van der Waals surface area contributed by atoms with E-state index in [9.17, 15) is 9.59 Å². The van der Waals surface area contributed by atoms with Gasteiger partial charge in [0.15, 0.2) is 6.04 Å². The maximum absolute atomic E-state index is 11.4. The Balaban J connectivity index is 2.51. The second kappa shape index (κ2) is 6.33. The second-order valence-corrected chi connectivity index (χ2v) is 2.91. The molecule has 3 N–H and O–H groups in total. The lowest BCUT2D eigenvalue weighted by atomic mass is 10.3. The highest BCUT2D eigenvalue weighted by atomic mass is 16.5. The van der Waals surface area contributed by atoms with Crippen molar-refractivity contribution in [3.8, 4) is 0 Å². The number of hydrogen-bond donors (Lipinski definition) is 3. The lowest BCUT2D eigenvalue weighted by Gasteiger charge is -2.13. The Bertz CT molecular complexity index is 385.